The molecule has 3 aromatic heterocycles. The predicted octanol–water partition coefficient (Wildman–Crippen LogP) is 5.91. The molecule has 0 aliphatic heterocycles. The first kappa shape index (κ1) is 18.9. The molecule has 0 unspecified atom stereocenters. The van der Waals surface area contributed by atoms with Crippen molar-refractivity contribution in [2.75, 3.05) is 0 Å². The van der Waals surface area contributed by atoms with Crippen LogP contribution in [-0.2, 0) is 0 Å². The minimum absolute atomic E-state index is 0.215. The molecular formula is C26H26FN3O. The molecule has 158 valence electrons. The molecule has 2 aliphatic carbocycles. The van der Waals surface area contributed by atoms with Crippen molar-refractivity contribution >= 4 is 16.4 Å². The first-order valence-corrected chi connectivity index (χ1v) is 11.4. The molecule has 2 saturated carbocycles. The molecule has 1 atom stereocenters. The second kappa shape index (κ2) is 7.41. The molecule has 5 heteroatoms. The summed E-state index contributed by atoms with van der Waals surface area (Å²) < 4.78 is 15.9. The van der Waals surface area contributed by atoms with Gasteiger partial charge in [0.15, 0.2) is 0 Å². The molecule has 4 aromatic rings. The molecule has 0 bridgehead atoms. The highest BCUT2D eigenvalue weighted by Crippen LogP contribution is 2.48. The topological polar surface area (TPSA) is 50.4 Å². The van der Waals surface area contributed by atoms with Gasteiger partial charge in [0.05, 0.1) is 29.7 Å². The van der Waals surface area contributed by atoms with Gasteiger partial charge in [-0.2, -0.15) is 0 Å². The van der Waals surface area contributed by atoms with E-state index in [1.54, 1.807) is 12.1 Å². The highest BCUT2D eigenvalue weighted by atomic mass is 19.1. The number of rotatable bonds is 4. The highest BCUT2D eigenvalue weighted by molar-refractivity contribution is 5.82. The third-order valence-electron chi connectivity index (χ3n) is 7.38. The molecule has 1 N–H and O–H groups in total. The zero-order chi connectivity index (χ0) is 20.9. The standard InChI is InChI=1S/C26H26FN3O/c27-19-7-8-23-22(13-19)20(9-11-29-23)16-3-5-18(6-4-16)26(31)25-21(17-1-2-17)10-12-30-15-28-14-24(25)30/h7-18,26,31H,1-6H2/t16?,18?,26-/m0/s1. The fourth-order valence-electron chi connectivity index (χ4n) is 5.58. The molecule has 31 heavy (non-hydrogen) atoms. The Morgan fingerprint density at radius 2 is 1.74 bits per heavy atom. The maximum atomic E-state index is 13.9. The number of benzene rings is 1. The zero-order valence-corrected chi connectivity index (χ0v) is 17.4. The van der Waals surface area contributed by atoms with Crippen molar-refractivity contribution in [1.29, 1.82) is 0 Å². The van der Waals surface area contributed by atoms with Crippen LogP contribution in [0.1, 0.15) is 73.2 Å². The molecule has 4 nitrogen and oxygen atoms in total. The Kier molecular flexibility index (Phi) is 4.53. The lowest BCUT2D eigenvalue weighted by Gasteiger charge is -2.33. The maximum absolute atomic E-state index is 13.9. The van der Waals surface area contributed by atoms with Gasteiger partial charge < -0.3 is 9.51 Å². The van der Waals surface area contributed by atoms with E-state index in [0.29, 0.717) is 11.8 Å². The maximum Gasteiger partial charge on any atom is 0.123 e. The van der Waals surface area contributed by atoms with Gasteiger partial charge in [-0.05, 0) is 97.7 Å². The zero-order valence-electron chi connectivity index (χ0n) is 17.4. The summed E-state index contributed by atoms with van der Waals surface area (Å²) in [5.74, 6) is 0.982. The molecule has 6 rings (SSSR count). The minimum atomic E-state index is -0.469. The van der Waals surface area contributed by atoms with Gasteiger partial charge in [-0.1, -0.05) is 0 Å². The first-order chi connectivity index (χ1) is 15.2. The minimum Gasteiger partial charge on any atom is -0.388 e. The molecule has 1 aromatic carbocycles. The molecule has 0 amide bonds. The van der Waals surface area contributed by atoms with Crippen molar-refractivity contribution in [2.45, 2.75) is 56.5 Å². The number of aliphatic hydroxyl groups excluding tert-OH is 1. The van der Waals surface area contributed by atoms with Gasteiger partial charge in [-0.3, -0.25) is 4.98 Å². The summed E-state index contributed by atoms with van der Waals surface area (Å²) in [6.07, 6.45) is 13.5. The average molecular weight is 416 g/mol. The highest BCUT2D eigenvalue weighted by Gasteiger charge is 2.34. The number of halogens is 1. The van der Waals surface area contributed by atoms with Gasteiger partial charge >= 0.3 is 0 Å². The van der Waals surface area contributed by atoms with Crippen LogP contribution < -0.4 is 0 Å². The van der Waals surface area contributed by atoms with Gasteiger partial charge in [0, 0.05) is 23.3 Å². The SMILES string of the molecule is O[C@H](c1c(C2CC2)ccn2cncc12)C1CCC(c2ccnc3ccc(F)cc23)CC1. The van der Waals surface area contributed by atoms with Crippen LogP contribution >= 0.6 is 0 Å². The number of imidazole rings is 1. The van der Waals surface area contributed by atoms with E-state index in [2.05, 4.69) is 22.2 Å². The second-order valence-corrected chi connectivity index (χ2v) is 9.26. The number of nitrogens with zero attached hydrogens (tertiary/aromatic N) is 3. The Balaban J connectivity index is 1.27. The third-order valence-corrected chi connectivity index (χ3v) is 7.38. The lowest BCUT2D eigenvalue weighted by atomic mass is 9.74. The Morgan fingerprint density at radius 1 is 0.968 bits per heavy atom. The smallest absolute Gasteiger partial charge is 0.123 e. The first-order valence-electron chi connectivity index (χ1n) is 11.4. The van der Waals surface area contributed by atoms with E-state index in [-0.39, 0.29) is 11.7 Å². The summed E-state index contributed by atoms with van der Waals surface area (Å²) in [4.78, 5) is 8.72. The number of hydrogen-bond acceptors (Lipinski definition) is 3. The van der Waals surface area contributed by atoms with E-state index in [1.807, 2.05) is 29.2 Å². The van der Waals surface area contributed by atoms with Crippen LogP contribution in [-0.4, -0.2) is 19.5 Å². The van der Waals surface area contributed by atoms with E-state index < -0.39 is 6.10 Å². The largest absolute Gasteiger partial charge is 0.388 e. The molecule has 0 radical (unpaired) electrons. The fraction of sp³-hybridized carbons (Fsp3) is 0.385. The lowest BCUT2D eigenvalue weighted by molar-refractivity contribution is 0.0811. The van der Waals surface area contributed by atoms with Gasteiger partial charge in [-0.15, -0.1) is 0 Å². The molecule has 0 saturated heterocycles. The van der Waals surface area contributed by atoms with Crippen LogP contribution in [0.5, 0.6) is 0 Å². The average Bonchev–Trinajstić information content (AvgIpc) is 3.54. The van der Waals surface area contributed by atoms with E-state index in [0.717, 1.165) is 47.7 Å². The van der Waals surface area contributed by atoms with Crippen molar-refractivity contribution < 1.29 is 9.50 Å². The van der Waals surface area contributed by atoms with Gasteiger partial charge in [0.1, 0.15) is 5.82 Å². The van der Waals surface area contributed by atoms with E-state index in [1.165, 1.54) is 30.0 Å². The van der Waals surface area contributed by atoms with Gasteiger partial charge in [0.25, 0.3) is 0 Å². The van der Waals surface area contributed by atoms with E-state index in [9.17, 15) is 9.50 Å². The quantitative estimate of drug-likeness (QED) is 0.451. The van der Waals surface area contributed by atoms with E-state index >= 15 is 0 Å². The molecule has 2 fully saturated rings. The Hall–Kier alpha value is -2.79. The van der Waals surface area contributed by atoms with Crippen LogP contribution in [0, 0.1) is 11.7 Å². The number of aromatic nitrogens is 3. The molecule has 2 aliphatic rings. The number of pyridine rings is 2. The van der Waals surface area contributed by atoms with Crippen LogP contribution in [0.15, 0.2) is 55.2 Å². The Bertz CT molecular complexity index is 1250. The molecule has 0 spiro atoms. The molecule has 3 heterocycles. The summed E-state index contributed by atoms with van der Waals surface area (Å²) in [5.41, 5.74) is 5.46. The van der Waals surface area contributed by atoms with Crippen molar-refractivity contribution in [3.8, 4) is 0 Å². The summed E-state index contributed by atoms with van der Waals surface area (Å²) in [7, 11) is 0. The van der Waals surface area contributed by atoms with Crippen molar-refractivity contribution in [3.05, 3.63) is 77.8 Å². The number of fused-ring (bicyclic) bond motifs is 2. The summed E-state index contributed by atoms with van der Waals surface area (Å²) in [6, 6.07) is 9.06. The van der Waals surface area contributed by atoms with Crippen molar-refractivity contribution in [1.82, 2.24) is 14.4 Å². The third kappa shape index (κ3) is 3.32. The van der Waals surface area contributed by atoms with Gasteiger partial charge in [-0.25, -0.2) is 9.37 Å². The summed E-state index contributed by atoms with van der Waals surface area (Å²) in [6.45, 7) is 0. The van der Waals surface area contributed by atoms with Gasteiger partial charge in [0.2, 0.25) is 0 Å². The second-order valence-electron chi connectivity index (χ2n) is 9.26. The van der Waals surface area contributed by atoms with Crippen LogP contribution in [0.2, 0.25) is 0 Å². The lowest BCUT2D eigenvalue weighted by Crippen LogP contribution is -2.21. The number of aliphatic hydroxyl groups is 1. The summed E-state index contributed by atoms with van der Waals surface area (Å²) >= 11 is 0. The van der Waals surface area contributed by atoms with Crippen LogP contribution in [0.3, 0.4) is 0 Å². The predicted molar refractivity (Wildman–Crippen MR) is 119 cm³/mol. The monoisotopic (exact) mass is 415 g/mol. The summed E-state index contributed by atoms with van der Waals surface area (Å²) in [5, 5.41) is 12.4. The normalized spacial score (nSPS) is 22.8. The molecular weight excluding hydrogens is 389 g/mol. The number of hydrogen-bond donors (Lipinski definition) is 1. The Morgan fingerprint density at radius 3 is 2.55 bits per heavy atom. The van der Waals surface area contributed by atoms with Crippen molar-refractivity contribution in [3.63, 3.8) is 0 Å². The Labute approximate surface area is 180 Å². The van der Waals surface area contributed by atoms with Crippen LogP contribution in [0.25, 0.3) is 16.4 Å². The van der Waals surface area contributed by atoms with E-state index in [4.69, 9.17) is 0 Å². The van der Waals surface area contributed by atoms with Crippen molar-refractivity contribution in [2.24, 2.45) is 5.92 Å². The van der Waals surface area contributed by atoms with Crippen LogP contribution in [0.4, 0.5) is 4.39 Å². The fourth-order valence-corrected chi connectivity index (χ4v) is 5.58.